The molecule has 0 aliphatic carbocycles. The van der Waals surface area contributed by atoms with Crippen molar-refractivity contribution in [1.82, 2.24) is 9.80 Å². The summed E-state index contributed by atoms with van der Waals surface area (Å²) in [6.45, 7) is 4.73. The highest BCUT2D eigenvalue weighted by Gasteiger charge is 2.27. The summed E-state index contributed by atoms with van der Waals surface area (Å²) in [6.07, 6.45) is 3.04. The van der Waals surface area contributed by atoms with Crippen molar-refractivity contribution in [1.29, 1.82) is 0 Å². The Bertz CT molecular complexity index is 555. The molecule has 2 heterocycles. The third-order valence-corrected chi connectivity index (χ3v) is 6.06. The first-order valence-electron chi connectivity index (χ1n) is 9.27. The third kappa shape index (κ3) is 5.36. The molecule has 0 saturated carbocycles. The molecular weight excluding hydrogens is 334 g/mol. The third-order valence-electron chi connectivity index (χ3n) is 5.01. The molecule has 1 aromatic rings. The molecule has 0 spiro atoms. The Morgan fingerprint density at radius 2 is 1.96 bits per heavy atom. The number of thioether (sulfide) groups is 1. The van der Waals surface area contributed by atoms with Gasteiger partial charge in [0.1, 0.15) is 12.4 Å². The summed E-state index contributed by atoms with van der Waals surface area (Å²) in [5.74, 6) is 3.57. The second-order valence-electron chi connectivity index (χ2n) is 6.72. The van der Waals surface area contributed by atoms with Gasteiger partial charge in [-0.05, 0) is 42.0 Å². The van der Waals surface area contributed by atoms with Gasteiger partial charge in [0, 0.05) is 38.8 Å². The number of carbonyl (C=O) groups is 1. The van der Waals surface area contributed by atoms with Crippen LogP contribution in [0, 0.1) is 0 Å². The van der Waals surface area contributed by atoms with Crippen molar-refractivity contribution >= 4 is 17.7 Å². The number of hydrogen-bond donors (Lipinski definition) is 1. The van der Waals surface area contributed by atoms with E-state index in [0.29, 0.717) is 19.6 Å². The number of hydrogen-bond acceptors (Lipinski definition) is 5. The number of ether oxygens (including phenoxy) is 1. The van der Waals surface area contributed by atoms with Crippen molar-refractivity contribution in [2.75, 3.05) is 50.8 Å². The van der Waals surface area contributed by atoms with Gasteiger partial charge in [0.2, 0.25) is 5.91 Å². The van der Waals surface area contributed by atoms with Crippen molar-refractivity contribution in [3.8, 4) is 5.75 Å². The Labute approximate surface area is 154 Å². The average Bonchev–Trinajstić information content (AvgIpc) is 2.67. The minimum Gasteiger partial charge on any atom is -0.492 e. The highest BCUT2D eigenvalue weighted by atomic mass is 32.2. The van der Waals surface area contributed by atoms with Gasteiger partial charge < -0.3 is 15.4 Å². The van der Waals surface area contributed by atoms with E-state index in [2.05, 4.69) is 16.7 Å². The quantitative estimate of drug-likeness (QED) is 0.832. The molecule has 138 valence electrons. The average molecular weight is 364 g/mol. The number of benzene rings is 1. The second kappa shape index (κ2) is 9.46. The first-order valence-corrected chi connectivity index (χ1v) is 10.4. The molecule has 2 fully saturated rings. The van der Waals surface area contributed by atoms with Crippen LogP contribution in [0.1, 0.15) is 18.4 Å². The molecule has 3 rings (SSSR count). The number of carbonyl (C=O) groups excluding carboxylic acids is 1. The smallest absolute Gasteiger partial charge is 0.227 e. The van der Waals surface area contributed by atoms with Crippen LogP contribution in [0.25, 0.3) is 0 Å². The van der Waals surface area contributed by atoms with E-state index in [4.69, 9.17) is 10.5 Å². The van der Waals surface area contributed by atoms with Crippen molar-refractivity contribution in [2.24, 2.45) is 5.73 Å². The van der Waals surface area contributed by atoms with Crippen molar-refractivity contribution in [3.63, 3.8) is 0 Å². The van der Waals surface area contributed by atoms with Crippen molar-refractivity contribution in [3.05, 3.63) is 29.8 Å². The molecule has 2 N–H and O–H groups in total. The number of piperazine rings is 1. The zero-order valence-corrected chi connectivity index (χ0v) is 15.7. The van der Waals surface area contributed by atoms with Gasteiger partial charge in [-0.25, -0.2) is 0 Å². The highest BCUT2D eigenvalue weighted by molar-refractivity contribution is 7.99. The monoisotopic (exact) mass is 363 g/mol. The lowest BCUT2D eigenvalue weighted by Crippen LogP contribution is -2.52. The highest BCUT2D eigenvalue weighted by Crippen LogP contribution is 2.23. The maximum Gasteiger partial charge on any atom is 0.227 e. The maximum absolute atomic E-state index is 12.6. The van der Waals surface area contributed by atoms with Crippen molar-refractivity contribution in [2.45, 2.75) is 25.3 Å². The van der Waals surface area contributed by atoms with Gasteiger partial charge in [0.15, 0.2) is 0 Å². The van der Waals surface area contributed by atoms with E-state index in [1.807, 2.05) is 29.2 Å². The predicted octanol–water partition coefficient (Wildman–Crippen LogP) is 1.61. The summed E-state index contributed by atoms with van der Waals surface area (Å²) in [6, 6.07) is 8.51. The lowest BCUT2D eigenvalue weighted by Gasteiger charge is -2.40. The van der Waals surface area contributed by atoms with Crippen LogP contribution in [0.2, 0.25) is 0 Å². The van der Waals surface area contributed by atoms with Crippen LogP contribution in [0.3, 0.4) is 0 Å². The zero-order chi connectivity index (χ0) is 17.5. The molecule has 1 aromatic carbocycles. The molecule has 2 saturated heterocycles. The Morgan fingerprint density at radius 3 is 2.68 bits per heavy atom. The van der Waals surface area contributed by atoms with E-state index < -0.39 is 0 Å². The standard InChI is InChI=1S/C19H29N3O2S/c20-6-11-24-18-3-1-2-16(14-18)15-19(23)22-9-7-21(8-10-22)17-4-12-25-13-5-17/h1-3,14,17H,4-13,15,20H2. The largest absolute Gasteiger partial charge is 0.492 e. The summed E-state index contributed by atoms with van der Waals surface area (Å²) in [5.41, 5.74) is 6.47. The van der Waals surface area contributed by atoms with Crippen LogP contribution >= 0.6 is 11.8 Å². The van der Waals surface area contributed by atoms with Gasteiger partial charge in [0.25, 0.3) is 0 Å². The Balaban J connectivity index is 1.47. The normalized spacial score (nSPS) is 19.8. The fraction of sp³-hybridized carbons (Fsp3) is 0.632. The fourth-order valence-corrected chi connectivity index (χ4v) is 4.68. The topological polar surface area (TPSA) is 58.8 Å². The van der Waals surface area contributed by atoms with E-state index >= 15 is 0 Å². The Hall–Kier alpha value is -1.24. The molecule has 0 bridgehead atoms. The molecule has 2 aliphatic rings. The number of rotatable bonds is 6. The maximum atomic E-state index is 12.6. The minimum atomic E-state index is 0.217. The van der Waals surface area contributed by atoms with E-state index in [1.165, 1.54) is 24.3 Å². The fourth-order valence-electron chi connectivity index (χ4n) is 3.60. The lowest BCUT2D eigenvalue weighted by molar-refractivity contribution is -0.132. The van der Waals surface area contributed by atoms with Crippen LogP contribution in [-0.4, -0.2) is 72.6 Å². The van der Waals surface area contributed by atoms with E-state index in [0.717, 1.165) is 43.5 Å². The molecule has 5 nitrogen and oxygen atoms in total. The molecule has 25 heavy (non-hydrogen) atoms. The molecule has 0 atom stereocenters. The van der Waals surface area contributed by atoms with Gasteiger partial charge in [-0.15, -0.1) is 0 Å². The van der Waals surface area contributed by atoms with Crippen LogP contribution < -0.4 is 10.5 Å². The van der Waals surface area contributed by atoms with E-state index in [1.54, 1.807) is 0 Å². The molecule has 6 heteroatoms. The van der Waals surface area contributed by atoms with E-state index in [-0.39, 0.29) is 5.91 Å². The van der Waals surface area contributed by atoms with Crippen LogP contribution in [0.15, 0.2) is 24.3 Å². The molecule has 0 aromatic heterocycles. The first-order chi connectivity index (χ1) is 12.3. The summed E-state index contributed by atoms with van der Waals surface area (Å²) in [4.78, 5) is 17.2. The molecular formula is C19H29N3O2S. The summed E-state index contributed by atoms with van der Waals surface area (Å²) < 4.78 is 5.55. The predicted molar refractivity (Wildman–Crippen MR) is 103 cm³/mol. The number of amides is 1. The summed E-state index contributed by atoms with van der Waals surface area (Å²) in [7, 11) is 0. The molecule has 1 amide bonds. The molecule has 2 aliphatic heterocycles. The van der Waals surface area contributed by atoms with Gasteiger partial charge in [-0.1, -0.05) is 12.1 Å². The number of nitrogens with two attached hydrogens (primary N) is 1. The Morgan fingerprint density at radius 1 is 1.20 bits per heavy atom. The van der Waals surface area contributed by atoms with Crippen LogP contribution in [0.4, 0.5) is 0 Å². The molecule has 0 unspecified atom stereocenters. The van der Waals surface area contributed by atoms with Gasteiger partial charge in [-0.3, -0.25) is 9.69 Å². The van der Waals surface area contributed by atoms with E-state index in [9.17, 15) is 4.79 Å². The minimum absolute atomic E-state index is 0.217. The van der Waals surface area contributed by atoms with Crippen LogP contribution in [-0.2, 0) is 11.2 Å². The number of nitrogens with zero attached hydrogens (tertiary/aromatic N) is 2. The SMILES string of the molecule is NCCOc1cccc(CC(=O)N2CCN(C3CCSCC3)CC2)c1. The zero-order valence-electron chi connectivity index (χ0n) is 14.9. The van der Waals surface area contributed by atoms with Gasteiger partial charge >= 0.3 is 0 Å². The van der Waals surface area contributed by atoms with Gasteiger partial charge in [-0.2, -0.15) is 11.8 Å². The summed E-state index contributed by atoms with van der Waals surface area (Å²) in [5, 5.41) is 0. The van der Waals surface area contributed by atoms with Crippen LogP contribution in [0.5, 0.6) is 5.75 Å². The Kier molecular flexibility index (Phi) is 7.02. The second-order valence-corrected chi connectivity index (χ2v) is 7.95. The van der Waals surface area contributed by atoms with Gasteiger partial charge in [0.05, 0.1) is 6.42 Å². The molecule has 0 radical (unpaired) electrons. The lowest BCUT2D eigenvalue weighted by atomic mass is 10.1. The first kappa shape index (κ1) is 18.5. The van der Waals surface area contributed by atoms with Crippen molar-refractivity contribution < 1.29 is 9.53 Å². The summed E-state index contributed by atoms with van der Waals surface area (Å²) >= 11 is 2.07.